The number of carboxylic acid groups (broad SMARTS) is 1. The molecule has 0 saturated carbocycles. The lowest BCUT2D eigenvalue weighted by atomic mass is 9.88. The Labute approximate surface area is 422 Å². The molecule has 74 heavy (non-hydrogen) atoms. The number of ether oxygens (including phenoxy) is 9. The first-order chi connectivity index (χ1) is 34.9. The second kappa shape index (κ2) is 28.8. The van der Waals surface area contributed by atoms with E-state index < -0.39 is 216 Å². The van der Waals surface area contributed by atoms with E-state index in [1.807, 2.05) is 0 Å². The molecule has 20 N–H and O–H groups in total. The van der Waals surface area contributed by atoms with Gasteiger partial charge in [0.25, 0.3) is 5.79 Å². The quantitative estimate of drug-likeness (QED) is 0.0268. The SMILES string of the molecule is CO[C@@H](O[C@@H]1C(CO)O[C@@H](N(C)OCCN)C(O)C1O)C(O)C(O)[C@H](CCO)O[C@@H]1OC(CO)[C@H](O)C(O[C@@H]2OC(CO)[C@H](O)C(O[C@]3(C(=O)O)CC(O)[C@@H](NC(C)=O)C([C@H](O)[C@H](O)CO)O3)C2O)C1NC(C)=O. The first-order valence-electron chi connectivity index (χ1n) is 23.4. The van der Waals surface area contributed by atoms with Crippen molar-refractivity contribution in [2.75, 3.05) is 60.3 Å². The van der Waals surface area contributed by atoms with Crippen LogP contribution in [0, 0.1) is 0 Å². The Hall–Kier alpha value is -2.67. The number of aliphatic carboxylic acids is 1. The van der Waals surface area contributed by atoms with Crippen molar-refractivity contribution in [2.24, 2.45) is 5.73 Å². The molecular formula is C41H74N4O29. The van der Waals surface area contributed by atoms with E-state index in [4.69, 9.17) is 53.2 Å². The van der Waals surface area contributed by atoms with Gasteiger partial charge in [-0.3, -0.25) is 14.4 Å². The van der Waals surface area contributed by atoms with Crippen LogP contribution in [0.25, 0.3) is 0 Å². The molecule has 0 radical (unpaired) electrons. The second-order valence-corrected chi connectivity index (χ2v) is 18.0. The highest BCUT2D eigenvalue weighted by Crippen LogP contribution is 2.39. The van der Waals surface area contributed by atoms with E-state index in [9.17, 15) is 96.1 Å². The molecule has 2 amide bonds. The number of hydroxylamine groups is 2. The maximum atomic E-state index is 13.0. The Balaban J connectivity index is 1.64. The lowest BCUT2D eigenvalue weighted by Crippen LogP contribution is -2.71. The molecule has 0 bridgehead atoms. The fourth-order valence-corrected chi connectivity index (χ4v) is 8.90. The average molecular weight is 1090 g/mol. The van der Waals surface area contributed by atoms with E-state index in [0.717, 1.165) is 26.0 Å². The Morgan fingerprint density at radius 1 is 0.743 bits per heavy atom. The molecule has 0 aromatic rings. The van der Waals surface area contributed by atoms with Gasteiger partial charge in [-0.15, -0.1) is 0 Å². The number of nitrogens with two attached hydrogens (primary N) is 1. The molecule has 33 nitrogen and oxygen atoms in total. The van der Waals surface area contributed by atoms with E-state index in [-0.39, 0.29) is 13.2 Å². The van der Waals surface area contributed by atoms with E-state index >= 15 is 0 Å². The zero-order valence-electron chi connectivity index (χ0n) is 40.7. The predicted octanol–water partition coefficient (Wildman–Crippen LogP) is -12.0. The van der Waals surface area contributed by atoms with Crippen molar-refractivity contribution in [2.45, 2.75) is 180 Å². The third kappa shape index (κ3) is 14.9. The van der Waals surface area contributed by atoms with Gasteiger partial charge in [0, 0.05) is 47.6 Å². The molecule has 4 fully saturated rings. The molecule has 4 aliphatic heterocycles. The van der Waals surface area contributed by atoms with Crippen LogP contribution in [-0.2, 0) is 61.9 Å². The first-order valence-corrected chi connectivity index (χ1v) is 23.4. The van der Waals surface area contributed by atoms with Crippen molar-refractivity contribution in [3.05, 3.63) is 0 Å². The number of nitrogens with one attached hydrogen (secondary N) is 2. The number of likely N-dealkylation sites (N-methyl/N-ethyl adjacent to an activating group) is 1. The van der Waals surface area contributed by atoms with Gasteiger partial charge in [0.15, 0.2) is 25.1 Å². The zero-order chi connectivity index (χ0) is 55.5. The number of nitrogens with zero attached hydrogens (tertiary/aromatic N) is 1. The van der Waals surface area contributed by atoms with Crippen LogP contribution in [0.1, 0.15) is 26.7 Å². The fraction of sp³-hybridized carbons (Fsp3) is 0.927. The van der Waals surface area contributed by atoms with Crippen LogP contribution < -0.4 is 16.4 Å². The molecule has 4 rings (SSSR count). The number of carbonyl (C=O) groups excluding carboxylic acids is 2. The minimum atomic E-state index is -3.19. The Kier molecular flexibility index (Phi) is 24.9. The number of hydrogen-bond donors (Lipinski definition) is 19. The van der Waals surface area contributed by atoms with Crippen LogP contribution in [0.2, 0.25) is 0 Å². The molecule has 0 aliphatic carbocycles. The van der Waals surface area contributed by atoms with Crippen molar-refractivity contribution in [3.8, 4) is 0 Å². The summed E-state index contributed by atoms with van der Waals surface area (Å²) in [7, 11) is 2.36. The largest absolute Gasteiger partial charge is 0.477 e. The number of carbonyl (C=O) groups is 3. The summed E-state index contributed by atoms with van der Waals surface area (Å²) in [5.41, 5.74) is 5.46. The highest BCUT2D eigenvalue weighted by Gasteiger charge is 2.61. The van der Waals surface area contributed by atoms with Gasteiger partial charge in [-0.1, -0.05) is 0 Å². The zero-order valence-corrected chi connectivity index (χ0v) is 40.7. The highest BCUT2D eigenvalue weighted by atomic mass is 16.8. The molecule has 0 spiro atoms. The topological polar surface area (TPSA) is 521 Å². The number of hydrogen-bond acceptors (Lipinski definition) is 30. The highest BCUT2D eigenvalue weighted by molar-refractivity contribution is 5.76. The summed E-state index contributed by atoms with van der Waals surface area (Å²) in [6.07, 6.45) is -44.9. The van der Waals surface area contributed by atoms with Crippen LogP contribution in [0.3, 0.4) is 0 Å². The third-order valence-corrected chi connectivity index (χ3v) is 12.7. The van der Waals surface area contributed by atoms with E-state index in [1.165, 1.54) is 7.05 Å². The van der Waals surface area contributed by atoms with Gasteiger partial charge >= 0.3 is 5.97 Å². The van der Waals surface area contributed by atoms with Gasteiger partial charge in [0.05, 0.1) is 51.3 Å². The number of aliphatic hydroxyl groups is 15. The van der Waals surface area contributed by atoms with Crippen LogP contribution in [-0.4, -0.2) is 318 Å². The standard InChI is InChI=1S/C41H74N4O29/c1-14(51)43-22-16(53)9-41(40(63)64,73-34(22)24(55)17(54)10-47)74-35-27(58)20(12-49)70-39(31(35)62)72-33-23(44-15(2)52)37(69-19(11-48)26(33)57)68-18(5-7-46)25(56)30(61)38(65-4)71-32-21(13-50)67-36(29(60)28(32)59)45(3)66-8-6-42/h16-39,46-50,53-62H,5-13,42H2,1-4H3,(H,43,51)(H,44,52)(H,63,64)/t16?,17-,18+,19?,20?,21?,22-,23?,24-,25?,26+,27+,28?,29?,30?,31?,32-,33?,34?,35?,36-,37-,38+,39+,41+/m1/s1. The molecule has 25 atom stereocenters. The van der Waals surface area contributed by atoms with E-state index in [1.54, 1.807) is 0 Å². The Morgan fingerprint density at radius 2 is 1.32 bits per heavy atom. The predicted molar refractivity (Wildman–Crippen MR) is 234 cm³/mol. The second-order valence-electron chi connectivity index (χ2n) is 18.0. The number of aliphatic hydroxyl groups excluding tert-OH is 15. The van der Waals surface area contributed by atoms with E-state index in [0.29, 0.717) is 0 Å². The molecule has 4 saturated heterocycles. The van der Waals surface area contributed by atoms with Gasteiger partial charge in [0.1, 0.15) is 104 Å². The number of amides is 2. The lowest BCUT2D eigenvalue weighted by Gasteiger charge is -2.51. The summed E-state index contributed by atoms with van der Waals surface area (Å²) < 4.78 is 51.4. The van der Waals surface area contributed by atoms with Crippen molar-refractivity contribution in [1.29, 1.82) is 0 Å². The molecule has 432 valence electrons. The fourth-order valence-electron chi connectivity index (χ4n) is 8.90. The third-order valence-electron chi connectivity index (χ3n) is 12.7. The van der Waals surface area contributed by atoms with E-state index in [2.05, 4.69) is 10.6 Å². The number of methoxy groups -OCH3 is 1. The van der Waals surface area contributed by atoms with Crippen LogP contribution in [0.5, 0.6) is 0 Å². The summed E-state index contributed by atoms with van der Waals surface area (Å²) >= 11 is 0. The number of rotatable bonds is 27. The maximum Gasteiger partial charge on any atom is 0.364 e. The molecule has 4 aliphatic rings. The summed E-state index contributed by atoms with van der Waals surface area (Å²) in [5.74, 6) is -6.96. The summed E-state index contributed by atoms with van der Waals surface area (Å²) in [4.78, 5) is 43.2. The van der Waals surface area contributed by atoms with Gasteiger partial charge in [-0.25, -0.2) is 4.79 Å². The van der Waals surface area contributed by atoms with Crippen LogP contribution in [0.4, 0.5) is 0 Å². The van der Waals surface area contributed by atoms with Crippen molar-refractivity contribution in [3.63, 3.8) is 0 Å². The molecule has 0 aromatic carbocycles. The summed E-state index contributed by atoms with van der Waals surface area (Å²) in [6, 6.07) is -3.46. The molecule has 4 heterocycles. The Bertz CT molecular complexity index is 1730. The molecular weight excluding hydrogens is 1010 g/mol. The van der Waals surface area contributed by atoms with Gasteiger partial charge < -0.3 is 141 Å². The van der Waals surface area contributed by atoms with Crippen molar-refractivity contribution in [1.82, 2.24) is 15.7 Å². The van der Waals surface area contributed by atoms with Crippen molar-refractivity contribution < 1.29 is 144 Å². The molecule has 33 heteroatoms. The maximum absolute atomic E-state index is 13.0. The van der Waals surface area contributed by atoms with Crippen molar-refractivity contribution >= 4 is 17.8 Å². The van der Waals surface area contributed by atoms with Crippen LogP contribution >= 0.6 is 0 Å². The van der Waals surface area contributed by atoms with Gasteiger partial charge in [-0.05, 0) is 6.42 Å². The minimum absolute atomic E-state index is 0.00695. The van der Waals surface area contributed by atoms with Gasteiger partial charge in [0.2, 0.25) is 11.8 Å². The summed E-state index contributed by atoms with van der Waals surface area (Å²) in [5, 5.41) is 178. The molecule has 13 unspecified atom stereocenters. The molecule has 0 aromatic heterocycles. The lowest BCUT2D eigenvalue weighted by molar-refractivity contribution is -0.382. The first kappa shape index (κ1) is 63.9. The monoisotopic (exact) mass is 1090 g/mol. The smallest absolute Gasteiger partial charge is 0.364 e. The number of carboxylic acids is 1. The minimum Gasteiger partial charge on any atom is -0.477 e. The summed E-state index contributed by atoms with van der Waals surface area (Å²) in [6.45, 7) is -2.84. The normalized spacial score (nSPS) is 39.4. The average Bonchev–Trinajstić information content (AvgIpc) is 3.36. The van der Waals surface area contributed by atoms with Crippen LogP contribution in [0.15, 0.2) is 0 Å². The Morgan fingerprint density at radius 3 is 1.85 bits per heavy atom. The van der Waals surface area contributed by atoms with Gasteiger partial charge in [-0.2, -0.15) is 5.06 Å².